The number of nitrogens with one attached hydrogen (secondary N) is 1. The van der Waals surface area contributed by atoms with Crippen molar-refractivity contribution in [2.45, 2.75) is 33.3 Å². The van der Waals surface area contributed by atoms with Crippen molar-refractivity contribution >= 4 is 5.78 Å². The minimum Gasteiger partial charge on any atom is -0.491 e. The van der Waals surface area contributed by atoms with Gasteiger partial charge in [0.1, 0.15) is 18.5 Å². The first kappa shape index (κ1) is 19.6. The van der Waals surface area contributed by atoms with Crippen LogP contribution in [0.4, 0.5) is 0 Å². The highest BCUT2D eigenvalue weighted by atomic mass is 16.5. The Labute approximate surface area is 139 Å². The first-order chi connectivity index (χ1) is 11.1. The zero-order valence-electron chi connectivity index (χ0n) is 14.5. The van der Waals surface area contributed by atoms with Crippen LogP contribution in [0, 0.1) is 0 Å². The number of hydrogen-bond donors (Lipinski definition) is 2. The van der Waals surface area contributed by atoms with Crippen LogP contribution in [0.1, 0.15) is 37.6 Å². The molecule has 0 aromatic heterocycles. The van der Waals surface area contributed by atoms with Crippen LogP contribution in [0.25, 0.3) is 0 Å². The fraction of sp³-hybridized carbons (Fsp3) is 0.611. The average molecular weight is 322 g/mol. The molecule has 130 valence electrons. The number of ketones is 1. The topological polar surface area (TPSA) is 61.8 Å². The lowest BCUT2D eigenvalue weighted by molar-refractivity contribution is 0.0986. The number of likely N-dealkylation sites (N-methyl/N-ethyl adjacent to an activating group) is 1. The summed E-state index contributed by atoms with van der Waals surface area (Å²) in [6.07, 6.45) is -0.0541. The molecule has 0 saturated heterocycles. The number of aliphatic hydroxyl groups excluding tert-OH is 1. The van der Waals surface area contributed by atoms with Gasteiger partial charge < -0.3 is 20.1 Å². The lowest BCUT2D eigenvalue weighted by Crippen LogP contribution is -2.37. The van der Waals surface area contributed by atoms with Gasteiger partial charge in [0.25, 0.3) is 0 Å². The highest BCUT2D eigenvalue weighted by Gasteiger charge is 2.07. The molecule has 1 unspecified atom stereocenters. The van der Waals surface area contributed by atoms with E-state index in [9.17, 15) is 9.90 Å². The van der Waals surface area contributed by atoms with Gasteiger partial charge in [0.15, 0.2) is 5.78 Å². The summed E-state index contributed by atoms with van der Waals surface area (Å²) >= 11 is 0. The van der Waals surface area contributed by atoms with Crippen LogP contribution in [0.5, 0.6) is 5.75 Å². The molecular formula is C18H30N2O3. The van der Waals surface area contributed by atoms with E-state index in [-0.39, 0.29) is 12.4 Å². The zero-order valence-corrected chi connectivity index (χ0v) is 14.5. The number of aliphatic hydroxyl groups is 1. The molecule has 2 N–H and O–H groups in total. The van der Waals surface area contributed by atoms with Gasteiger partial charge in [-0.2, -0.15) is 0 Å². The Morgan fingerprint density at radius 1 is 1.22 bits per heavy atom. The molecule has 0 heterocycles. The Hall–Kier alpha value is -1.43. The van der Waals surface area contributed by atoms with E-state index in [4.69, 9.17) is 4.74 Å². The normalized spacial score (nSPS) is 12.4. The Bertz CT molecular complexity index is 444. The second-order valence-electron chi connectivity index (χ2n) is 5.50. The van der Waals surface area contributed by atoms with Gasteiger partial charge in [-0.15, -0.1) is 0 Å². The standard InChI is InChI=1S/C18H30N2O3/c1-4-18(22)15-7-9-17(10-8-15)23-14-16(21)13-19-11-12-20(5-2)6-3/h7-10,16,19,21H,4-6,11-14H2,1-3H3. The van der Waals surface area contributed by atoms with Crippen molar-refractivity contribution < 1.29 is 14.6 Å². The maximum Gasteiger partial charge on any atom is 0.162 e. The van der Waals surface area contributed by atoms with Gasteiger partial charge in [0.05, 0.1) is 0 Å². The van der Waals surface area contributed by atoms with E-state index >= 15 is 0 Å². The summed E-state index contributed by atoms with van der Waals surface area (Å²) in [5.41, 5.74) is 0.693. The lowest BCUT2D eigenvalue weighted by Gasteiger charge is -2.19. The molecule has 0 aliphatic carbocycles. The van der Waals surface area contributed by atoms with Crippen molar-refractivity contribution in [1.82, 2.24) is 10.2 Å². The first-order valence-electron chi connectivity index (χ1n) is 8.47. The summed E-state index contributed by atoms with van der Waals surface area (Å²) in [6.45, 7) is 10.8. The second kappa shape index (κ2) is 11.2. The lowest BCUT2D eigenvalue weighted by atomic mass is 10.1. The molecule has 0 aliphatic rings. The number of ether oxygens (including phenoxy) is 1. The Balaban J connectivity index is 2.22. The average Bonchev–Trinajstić information content (AvgIpc) is 2.59. The summed E-state index contributed by atoms with van der Waals surface area (Å²) in [5.74, 6) is 0.786. The fourth-order valence-corrected chi connectivity index (χ4v) is 2.24. The Morgan fingerprint density at radius 3 is 2.43 bits per heavy atom. The minimum atomic E-state index is -0.552. The molecular weight excluding hydrogens is 292 g/mol. The third-order valence-corrected chi connectivity index (χ3v) is 3.82. The number of rotatable bonds is 12. The molecule has 1 aromatic carbocycles. The number of benzene rings is 1. The molecule has 0 aliphatic heterocycles. The number of hydrogen-bond acceptors (Lipinski definition) is 5. The number of carbonyl (C=O) groups is 1. The van der Waals surface area contributed by atoms with E-state index < -0.39 is 6.10 Å². The van der Waals surface area contributed by atoms with Crippen LogP contribution in [0.2, 0.25) is 0 Å². The summed E-state index contributed by atoms with van der Waals surface area (Å²) in [4.78, 5) is 13.9. The molecule has 0 spiro atoms. The third kappa shape index (κ3) is 7.59. The predicted octanol–water partition coefficient (Wildman–Crippen LogP) is 1.95. The molecule has 5 nitrogen and oxygen atoms in total. The van der Waals surface area contributed by atoms with Gasteiger partial charge in [-0.05, 0) is 37.4 Å². The smallest absolute Gasteiger partial charge is 0.162 e. The van der Waals surface area contributed by atoms with Crippen LogP contribution in [0.15, 0.2) is 24.3 Å². The summed E-state index contributed by atoms with van der Waals surface area (Å²) < 4.78 is 5.54. The monoisotopic (exact) mass is 322 g/mol. The molecule has 1 rings (SSSR count). The van der Waals surface area contributed by atoms with E-state index in [0.717, 1.165) is 26.2 Å². The maximum absolute atomic E-state index is 11.5. The molecule has 0 amide bonds. The SMILES string of the molecule is CCC(=O)c1ccc(OCC(O)CNCCN(CC)CC)cc1. The predicted molar refractivity (Wildman–Crippen MR) is 93.2 cm³/mol. The highest BCUT2D eigenvalue weighted by Crippen LogP contribution is 2.13. The molecule has 5 heteroatoms. The molecule has 23 heavy (non-hydrogen) atoms. The van der Waals surface area contributed by atoms with Gasteiger partial charge in [0.2, 0.25) is 0 Å². The molecule has 1 aromatic rings. The van der Waals surface area contributed by atoms with Crippen LogP contribution >= 0.6 is 0 Å². The highest BCUT2D eigenvalue weighted by molar-refractivity contribution is 5.95. The molecule has 0 saturated carbocycles. The minimum absolute atomic E-state index is 0.119. The molecule has 0 bridgehead atoms. The van der Waals surface area contributed by atoms with E-state index in [1.54, 1.807) is 24.3 Å². The van der Waals surface area contributed by atoms with Crippen molar-refractivity contribution in [2.24, 2.45) is 0 Å². The van der Waals surface area contributed by atoms with E-state index in [2.05, 4.69) is 24.1 Å². The van der Waals surface area contributed by atoms with Crippen molar-refractivity contribution in [3.8, 4) is 5.75 Å². The van der Waals surface area contributed by atoms with E-state index in [1.807, 2.05) is 6.92 Å². The van der Waals surface area contributed by atoms with E-state index in [0.29, 0.717) is 24.3 Å². The first-order valence-corrected chi connectivity index (χ1v) is 8.47. The van der Waals surface area contributed by atoms with Gasteiger partial charge in [-0.1, -0.05) is 20.8 Å². The number of carbonyl (C=O) groups excluding carboxylic acids is 1. The quantitative estimate of drug-likeness (QED) is 0.455. The second-order valence-corrected chi connectivity index (χ2v) is 5.50. The Kier molecular flexibility index (Phi) is 9.52. The Morgan fingerprint density at radius 2 is 1.87 bits per heavy atom. The van der Waals surface area contributed by atoms with Crippen molar-refractivity contribution in [3.05, 3.63) is 29.8 Å². The fourth-order valence-electron chi connectivity index (χ4n) is 2.24. The van der Waals surface area contributed by atoms with Crippen molar-refractivity contribution in [3.63, 3.8) is 0 Å². The molecule has 1 atom stereocenters. The summed E-state index contributed by atoms with van der Waals surface area (Å²) in [5, 5.41) is 13.2. The van der Waals surface area contributed by atoms with Gasteiger partial charge in [-0.3, -0.25) is 4.79 Å². The number of nitrogens with zero attached hydrogens (tertiary/aromatic N) is 1. The van der Waals surface area contributed by atoms with Crippen LogP contribution in [0.3, 0.4) is 0 Å². The molecule has 0 radical (unpaired) electrons. The summed E-state index contributed by atoms with van der Waals surface area (Å²) in [7, 11) is 0. The van der Waals surface area contributed by atoms with Crippen LogP contribution < -0.4 is 10.1 Å². The maximum atomic E-state index is 11.5. The zero-order chi connectivity index (χ0) is 17.1. The number of Topliss-reactive ketones (excluding diaryl/α,β-unsaturated/α-hetero) is 1. The van der Waals surface area contributed by atoms with Gasteiger partial charge >= 0.3 is 0 Å². The third-order valence-electron chi connectivity index (χ3n) is 3.82. The van der Waals surface area contributed by atoms with Crippen LogP contribution in [-0.2, 0) is 0 Å². The largest absolute Gasteiger partial charge is 0.491 e. The van der Waals surface area contributed by atoms with Crippen molar-refractivity contribution in [2.75, 3.05) is 39.3 Å². The summed E-state index contributed by atoms with van der Waals surface area (Å²) in [6, 6.07) is 7.05. The molecule has 0 fully saturated rings. The van der Waals surface area contributed by atoms with Gasteiger partial charge in [-0.25, -0.2) is 0 Å². The van der Waals surface area contributed by atoms with E-state index in [1.165, 1.54) is 0 Å². The van der Waals surface area contributed by atoms with Gasteiger partial charge in [0, 0.05) is 31.6 Å². The van der Waals surface area contributed by atoms with Crippen molar-refractivity contribution in [1.29, 1.82) is 0 Å². The van der Waals surface area contributed by atoms with Crippen LogP contribution in [-0.4, -0.2) is 61.2 Å².